The monoisotopic (exact) mass is 352 g/mol. The van der Waals surface area contributed by atoms with E-state index in [0.717, 1.165) is 18.5 Å². The van der Waals surface area contributed by atoms with E-state index >= 15 is 0 Å². The summed E-state index contributed by atoms with van der Waals surface area (Å²) in [5.41, 5.74) is 1.46. The molecule has 1 aliphatic rings. The van der Waals surface area contributed by atoms with Gasteiger partial charge in [-0.15, -0.1) is 0 Å². The SMILES string of the molecule is CCCCN1C(=O)/C(=C\c2ccccc2O)SC1=Nc1ccccc1. The number of phenols is 1. The number of phenolic OH excluding ortho intramolecular Hbond substituents is 1. The number of hydrogen-bond donors (Lipinski definition) is 1. The van der Waals surface area contributed by atoms with Crippen molar-refractivity contribution in [3.63, 3.8) is 0 Å². The predicted molar refractivity (Wildman–Crippen MR) is 104 cm³/mol. The number of para-hydroxylation sites is 2. The second-order valence-electron chi connectivity index (χ2n) is 5.71. The molecule has 0 unspecified atom stereocenters. The Morgan fingerprint density at radius 2 is 1.84 bits per heavy atom. The van der Waals surface area contributed by atoms with Gasteiger partial charge in [-0.1, -0.05) is 49.7 Å². The van der Waals surface area contributed by atoms with Crippen LogP contribution in [0.5, 0.6) is 5.75 Å². The molecule has 0 bridgehead atoms. The van der Waals surface area contributed by atoms with E-state index in [1.165, 1.54) is 11.8 Å². The Kier molecular flexibility index (Phi) is 5.56. The number of aliphatic imine (C=N–C) groups is 1. The number of thioether (sulfide) groups is 1. The summed E-state index contributed by atoms with van der Waals surface area (Å²) < 4.78 is 0. The van der Waals surface area contributed by atoms with Crippen LogP contribution in [0.2, 0.25) is 0 Å². The number of nitrogens with zero attached hydrogens (tertiary/aromatic N) is 2. The number of amidine groups is 1. The molecule has 5 heteroatoms. The van der Waals surface area contributed by atoms with Crippen LogP contribution in [0.15, 0.2) is 64.5 Å². The highest BCUT2D eigenvalue weighted by molar-refractivity contribution is 8.18. The largest absolute Gasteiger partial charge is 0.507 e. The van der Waals surface area contributed by atoms with Crippen LogP contribution in [-0.2, 0) is 4.79 Å². The highest BCUT2D eigenvalue weighted by Crippen LogP contribution is 2.35. The van der Waals surface area contributed by atoms with Crippen molar-refractivity contribution < 1.29 is 9.90 Å². The van der Waals surface area contributed by atoms with E-state index in [2.05, 4.69) is 11.9 Å². The van der Waals surface area contributed by atoms with Crippen molar-refractivity contribution in [3.8, 4) is 5.75 Å². The van der Waals surface area contributed by atoms with Crippen LogP contribution < -0.4 is 0 Å². The predicted octanol–water partition coefficient (Wildman–Crippen LogP) is 4.80. The normalized spacial score (nSPS) is 17.6. The number of unbranched alkanes of at least 4 members (excludes halogenated alkanes) is 1. The van der Waals surface area contributed by atoms with Gasteiger partial charge in [0, 0.05) is 12.1 Å². The Morgan fingerprint density at radius 1 is 1.12 bits per heavy atom. The van der Waals surface area contributed by atoms with E-state index in [9.17, 15) is 9.90 Å². The smallest absolute Gasteiger partial charge is 0.266 e. The van der Waals surface area contributed by atoms with Gasteiger partial charge in [0.05, 0.1) is 10.6 Å². The lowest BCUT2D eigenvalue weighted by Gasteiger charge is -2.14. The van der Waals surface area contributed by atoms with Gasteiger partial charge in [-0.2, -0.15) is 0 Å². The Morgan fingerprint density at radius 3 is 2.56 bits per heavy atom. The van der Waals surface area contributed by atoms with Gasteiger partial charge in [0.25, 0.3) is 5.91 Å². The summed E-state index contributed by atoms with van der Waals surface area (Å²) in [6.07, 6.45) is 3.66. The zero-order chi connectivity index (χ0) is 17.6. The Hall–Kier alpha value is -2.53. The summed E-state index contributed by atoms with van der Waals surface area (Å²) in [5.74, 6) is 0.105. The summed E-state index contributed by atoms with van der Waals surface area (Å²) in [7, 11) is 0. The van der Waals surface area contributed by atoms with Crippen molar-refractivity contribution in [1.82, 2.24) is 4.90 Å². The summed E-state index contributed by atoms with van der Waals surface area (Å²) in [5, 5.41) is 10.6. The first-order chi connectivity index (χ1) is 12.2. The van der Waals surface area contributed by atoms with Crippen molar-refractivity contribution in [2.24, 2.45) is 4.99 Å². The number of rotatable bonds is 5. The molecule has 0 radical (unpaired) electrons. The van der Waals surface area contributed by atoms with Crippen molar-refractivity contribution in [3.05, 3.63) is 65.1 Å². The maximum Gasteiger partial charge on any atom is 0.266 e. The van der Waals surface area contributed by atoms with Gasteiger partial charge in [0.1, 0.15) is 5.75 Å². The Labute approximate surface area is 151 Å². The lowest BCUT2D eigenvalue weighted by atomic mass is 10.2. The molecule has 3 rings (SSSR count). The minimum atomic E-state index is -0.0589. The van der Waals surface area contributed by atoms with Gasteiger partial charge >= 0.3 is 0 Å². The van der Waals surface area contributed by atoms with E-state index in [1.54, 1.807) is 29.2 Å². The summed E-state index contributed by atoms with van der Waals surface area (Å²) >= 11 is 1.35. The molecule has 2 aromatic carbocycles. The molecule has 128 valence electrons. The maximum absolute atomic E-state index is 12.8. The quantitative estimate of drug-likeness (QED) is 0.787. The van der Waals surface area contributed by atoms with Gasteiger partial charge in [0.15, 0.2) is 5.17 Å². The first kappa shape index (κ1) is 17.3. The lowest BCUT2D eigenvalue weighted by Crippen LogP contribution is -2.30. The minimum absolute atomic E-state index is 0.0589. The zero-order valence-corrected chi connectivity index (χ0v) is 14.9. The minimum Gasteiger partial charge on any atom is -0.507 e. The molecule has 0 aromatic heterocycles. The third-order valence-electron chi connectivity index (χ3n) is 3.83. The molecule has 2 aromatic rings. The zero-order valence-electron chi connectivity index (χ0n) is 14.1. The van der Waals surface area contributed by atoms with E-state index in [1.807, 2.05) is 36.4 Å². The fourth-order valence-electron chi connectivity index (χ4n) is 2.47. The molecule has 0 saturated carbocycles. The lowest BCUT2D eigenvalue weighted by molar-refractivity contribution is -0.122. The topological polar surface area (TPSA) is 52.9 Å². The highest BCUT2D eigenvalue weighted by Gasteiger charge is 2.33. The number of carbonyl (C=O) groups is 1. The molecule has 25 heavy (non-hydrogen) atoms. The molecule has 1 heterocycles. The second kappa shape index (κ2) is 8.03. The molecular weight excluding hydrogens is 332 g/mol. The van der Waals surface area contributed by atoms with Crippen LogP contribution in [0, 0.1) is 0 Å². The summed E-state index contributed by atoms with van der Waals surface area (Å²) in [6, 6.07) is 16.6. The third kappa shape index (κ3) is 4.12. The standard InChI is InChI=1S/C20H20N2O2S/c1-2-3-13-22-19(24)18(14-15-9-7-8-12-17(15)23)25-20(22)21-16-10-5-4-6-11-16/h4-12,14,23H,2-3,13H2,1H3/b18-14+,21-20?. The fourth-order valence-corrected chi connectivity index (χ4v) is 3.48. The summed E-state index contributed by atoms with van der Waals surface area (Å²) in [6.45, 7) is 2.74. The number of carbonyl (C=O) groups excluding carboxylic acids is 1. The molecule has 4 nitrogen and oxygen atoms in total. The molecule has 1 fully saturated rings. The number of benzene rings is 2. The van der Waals surface area contributed by atoms with Gasteiger partial charge in [-0.25, -0.2) is 4.99 Å². The molecule has 0 atom stereocenters. The van der Waals surface area contributed by atoms with Crippen molar-refractivity contribution in [2.45, 2.75) is 19.8 Å². The van der Waals surface area contributed by atoms with Gasteiger partial charge in [-0.3, -0.25) is 9.69 Å². The second-order valence-corrected chi connectivity index (χ2v) is 6.72. The van der Waals surface area contributed by atoms with Crippen molar-refractivity contribution >= 4 is 34.6 Å². The number of aromatic hydroxyl groups is 1. The van der Waals surface area contributed by atoms with E-state index < -0.39 is 0 Å². The van der Waals surface area contributed by atoms with Crippen LogP contribution >= 0.6 is 11.8 Å². The van der Waals surface area contributed by atoms with E-state index in [4.69, 9.17) is 0 Å². The van der Waals surface area contributed by atoms with Crippen LogP contribution in [0.25, 0.3) is 6.08 Å². The van der Waals surface area contributed by atoms with Crippen LogP contribution in [-0.4, -0.2) is 27.6 Å². The fraction of sp³-hybridized carbons (Fsp3) is 0.200. The Bertz CT molecular complexity index is 815. The first-order valence-electron chi connectivity index (χ1n) is 8.32. The molecule has 0 spiro atoms. The van der Waals surface area contributed by atoms with E-state index in [-0.39, 0.29) is 11.7 Å². The molecular formula is C20H20N2O2S. The molecule has 1 aliphatic heterocycles. The molecule has 1 amide bonds. The average Bonchev–Trinajstić information content (AvgIpc) is 2.91. The maximum atomic E-state index is 12.8. The molecule has 0 aliphatic carbocycles. The Balaban J connectivity index is 1.94. The van der Waals surface area contributed by atoms with Crippen molar-refractivity contribution in [1.29, 1.82) is 0 Å². The van der Waals surface area contributed by atoms with Crippen LogP contribution in [0.4, 0.5) is 5.69 Å². The first-order valence-corrected chi connectivity index (χ1v) is 9.14. The highest BCUT2D eigenvalue weighted by atomic mass is 32.2. The van der Waals surface area contributed by atoms with Crippen molar-refractivity contribution in [2.75, 3.05) is 6.54 Å². The third-order valence-corrected chi connectivity index (χ3v) is 4.83. The molecule has 1 saturated heterocycles. The van der Waals surface area contributed by atoms with Gasteiger partial charge < -0.3 is 5.11 Å². The van der Waals surface area contributed by atoms with Crippen LogP contribution in [0.3, 0.4) is 0 Å². The average molecular weight is 352 g/mol. The van der Waals surface area contributed by atoms with Gasteiger partial charge in [-0.05, 0) is 42.5 Å². The van der Waals surface area contributed by atoms with E-state index in [0.29, 0.717) is 22.2 Å². The van der Waals surface area contributed by atoms with Crippen LogP contribution in [0.1, 0.15) is 25.3 Å². The molecule has 1 N–H and O–H groups in total. The number of amides is 1. The number of hydrogen-bond acceptors (Lipinski definition) is 4. The van der Waals surface area contributed by atoms with Gasteiger partial charge in [0.2, 0.25) is 0 Å². The summed E-state index contributed by atoms with van der Waals surface area (Å²) in [4.78, 5) is 19.7.